The molecule has 1 aromatic carbocycles. The highest BCUT2D eigenvalue weighted by molar-refractivity contribution is 6.04. The summed E-state index contributed by atoms with van der Waals surface area (Å²) in [7, 11) is 0. The van der Waals surface area contributed by atoms with Crippen molar-refractivity contribution in [2.45, 2.75) is 0 Å². The minimum Gasteiger partial charge on any atom is -0.370 e. The Morgan fingerprint density at radius 2 is 1.71 bits per heavy atom. The van der Waals surface area contributed by atoms with E-state index in [0.717, 1.165) is 0 Å². The molecule has 0 bridgehead atoms. The van der Waals surface area contributed by atoms with E-state index in [4.69, 9.17) is 0 Å². The van der Waals surface area contributed by atoms with Gasteiger partial charge in [0, 0.05) is 30.9 Å². The molecule has 0 atom stereocenters. The van der Waals surface area contributed by atoms with E-state index in [0.29, 0.717) is 18.7 Å². The first kappa shape index (κ1) is 13.0. The standard InChI is InChI=1S/C15H17NO/c1-3-11-16(12-4-2)13-10-15(17)14-8-6-5-7-9-14/h3-10,13H,1-2,11-12H2. The highest BCUT2D eigenvalue weighted by atomic mass is 16.1. The van der Waals surface area contributed by atoms with Gasteiger partial charge in [0.15, 0.2) is 5.78 Å². The van der Waals surface area contributed by atoms with Crippen molar-refractivity contribution in [1.29, 1.82) is 0 Å². The Morgan fingerprint density at radius 3 is 2.24 bits per heavy atom. The van der Waals surface area contributed by atoms with Gasteiger partial charge in [0.25, 0.3) is 0 Å². The number of hydrogen-bond donors (Lipinski definition) is 0. The van der Waals surface area contributed by atoms with Crippen LogP contribution in [0.4, 0.5) is 0 Å². The zero-order valence-corrected chi connectivity index (χ0v) is 9.88. The highest BCUT2D eigenvalue weighted by Gasteiger charge is 2.00. The number of carbonyl (C=O) groups excluding carboxylic acids is 1. The van der Waals surface area contributed by atoms with E-state index in [1.54, 1.807) is 36.6 Å². The lowest BCUT2D eigenvalue weighted by molar-refractivity contribution is 0.104. The third-order valence-electron chi connectivity index (χ3n) is 2.22. The molecular formula is C15H17NO. The molecule has 0 amide bonds. The molecule has 0 spiro atoms. The minimum absolute atomic E-state index is 0.00345. The van der Waals surface area contributed by atoms with Crippen molar-refractivity contribution in [3.05, 3.63) is 73.5 Å². The number of hydrogen-bond acceptors (Lipinski definition) is 2. The lowest BCUT2D eigenvalue weighted by Gasteiger charge is -2.15. The molecular weight excluding hydrogens is 210 g/mol. The molecule has 2 nitrogen and oxygen atoms in total. The summed E-state index contributed by atoms with van der Waals surface area (Å²) in [5.74, 6) is 0.00345. The monoisotopic (exact) mass is 227 g/mol. The van der Waals surface area contributed by atoms with Crippen LogP contribution in [0.15, 0.2) is 67.9 Å². The fraction of sp³-hybridized carbons (Fsp3) is 0.133. The first-order chi connectivity index (χ1) is 8.27. The smallest absolute Gasteiger partial charge is 0.187 e. The second kappa shape index (κ2) is 7.23. The van der Waals surface area contributed by atoms with Crippen LogP contribution in [0.1, 0.15) is 10.4 Å². The Kier molecular flexibility index (Phi) is 5.52. The molecule has 0 saturated carbocycles. The zero-order valence-electron chi connectivity index (χ0n) is 9.88. The Morgan fingerprint density at radius 1 is 1.12 bits per heavy atom. The summed E-state index contributed by atoms with van der Waals surface area (Å²) in [5, 5.41) is 0. The van der Waals surface area contributed by atoms with Crippen LogP contribution in [0.2, 0.25) is 0 Å². The van der Waals surface area contributed by atoms with Gasteiger partial charge in [-0.05, 0) is 0 Å². The largest absolute Gasteiger partial charge is 0.370 e. The molecule has 0 N–H and O–H groups in total. The van der Waals surface area contributed by atoms with Gasteiger partial charge in [-0.3, -0.25) is 4.79 Å². The van der Waals surface area contributed by atoms with E-state index in [1.807, 2.05) is 23.1 Å². The van der Waals surface area contributed by atoms with Gasteiger partial charge in [0.1, 0.15) is 0 Å². The summed E-state index contributed by atoms with van der Waals surface area (Å²) in [5.41, 5.74) is 0.695. The molecule has 0 heterocycles. The molecule has 0 unspecified atom stereocenters. The van der Waals surface area contributed by atoms with Gasteiger partial charge in [-0.1, -0.05) is 42.5 Å². The lowest BCUT2D eigenvalue weighted by Crippen LogP contribution is -2.17. The van der Waals surface area contributed by atoms with E-state index in [2.05, 4.69) is 13.2 Å². The van der Waals surface area contributed by atoms with Crippen molar-refractivity contribution in [2.75, 3.05) is 13.1 Å². The quantitative estimate of drug-likeness (QED) is 0.405. The number of allylic oxidation sites excluding steroid dienone is 1. The van der Waals surface area contributed by atoms with Gasteiger partial charge in [-0.15, -0.1) is 13.2 Å². The van der Waals surface area contributed by atoms with Crippen LogP contribution in [0.3, 0.4) is 0 Å². The van der Waals surface area contributed by atoms with Gasteiger partial charge in [0.05, 0.1) is 0 Å². The van der Waals surface area contributed by atoms with Crippen molar-refractivity contribution in [3.63, 3.8) is 0 Å². The van der Waals surface area contributed by atoms with Crippen molar-refractivity contribution >= 4 is 5.78 Å². The Balaban J connectivity index is 2.65. The summed E-state index contributed by atoms with van der Waals surface area (Å²) in [6, 6.07) is 9.21. The van der Waals surface area contributed by atoms with Crippen LogP contribution in [0.25, 0.3) is 0 Å². The van der Waals surface area contributed by atoms with Gasteiger partial charge in [0.2, 0.25) is 0 Å². The summed E-state index contributed by atoms with van der Waals surface area (Å²) >= 11 is 0. The molecule has 0 aliphatic heterocycles. The molecule has 1 rings (SSSR count). The summed E-state index contributed by atoms with van der Waals surface area (Å²) in [6.07, 6.45) is 6.93. The predicted octanol–water partition coefficient (Wildman–Crippen LogP) is 3.06. The van der Waals surface area contributed by atoms with Gasteiger partial charge in [-0.2, -0.15) is 0 Å². The van der Waals surface area contributed by atoms with Gasteiger partial charge < -0.3 is 4.90 Å². The number of ketones is 1. The van der Waals surface area contributed by atoms with E-state index >= 15 is 0 Å². The average Bonchev–Trinajstić information content (AvgIpc) is 2.37. The summed E-state index contributed by atoms with van der Waals surface area (Å²) in [6.45, 7) is 8.74. The number of rotatable bonds is 7. The third-order valence-corrected chi connectivity index (χ3v) is 2.22. The average molecular weight is 227 g/mol. The second-order valence-corrected chi connectivity index (χ2v) is 3.58. The molecule has 17 heavy (non-hydrogen) atoms. The Bertz CT molecular complexity index is 396. The maximum atomic E-state index is 11.8. The molecule has 0 saturated heterocycles. The van der Waals surface area contributed by atoms with Crippen LogP contribution in [-0.4, -0.2) is 23.8 Å². The Labute approximate surface area is 103 Å². The van der Waals surface area contributed by atoms with Crippen LogP contribution < -0.4 is 0 Å². The van der Waals surface area contributed by atoms with Crippen LogP contribution in [-0.2, 0) is 0 Å². The molecule has 0 radical (unpaired) electrons. The van der Waals surface area contributed by atoms with Crippen LogP contribution >= 0.6 is 0 Å². The molecule has 0 aliphatic carbocycles. The van der Waals surface area contributed by atoms with Crippen LogP contribution in [0, 0.1) is 0 Å². The fourth-order valence-corrected chi connectivity index (χ4v) is 1.40. The molecule has 2 heteroatoms. The fourth-order valence-electron chi connectivity index (χ4n) is 1.40. The van der Waals surface area contributed by atoms with E-state index in [1.165, 1.54) is 0 Å². The van der Waals surface area contributed by atoms with Gasteiger partial charge in [-0.25, -0.2) is 0 Å². The molecule has 1 aromatic rings. The van der Waals surface area contributed by atoms with E-state index in [-0.39, 0.29) is 5.78 Å². The van der Waals surface area contributed by atoms with E-state index < -0.39 is 0 Å². The highest BCUT2D eigenvalue weighted by Crippen LogP contribution is 2.01. The summed E-state index contributed by atoms with van der Waals surface area (Å²) < 4.78 is 0. The van der Waals surface area contributed by atoms with Crippen molar-refractivity contribution in [2.24, 2.45) is 0 Å². The topological polar surface area (TPSA) is 20.3 Å². The van der Waals surface area contributed by atoms with E-state index in [9.17, 15) is 4.79 Å². The first-order valence-electron chi connectivity index (χ1n) is 5.51. The van der Waals surface area contributed by atoms with Crippen molar-refractivity contribution in [1.82, 2.24) is 4.90 Å². The molecule has 0 aliphatic rings. The maximum absolute atomic E-state index is 11.8. The number of nitrogens with zero attached hydrogens (tertiary/aromatic N) is 1. The maximum Gasteiger partial charge on any atom is 0.187 e. The van der Waals surface area contributed by atoms with Crippen LogP contribution in [0.5, 0.6) is 0 Å². The second-order valence-electron chi connectivity index (χ2n) is 3.58. The molecule has 0 aromatic heterocycles. The van der Waals surface area contributed by atoms with Crippen molar-refractivity contribution in [3.8, 4) is 0 Å². The van der Waals surface area contributed by atoms with Gasteiger partial charge >= 0.3 is 0 Å². The SMILES string of the molecule is C=CCN(C=CC(=O)c1ccccc1)CC=C. The predicted molar refractivity (Wildman–Crippen MR) is 71.9 cm³/mol. The summed E-state index contributed by atoms with van der Waals surface area (Å²) in [4.78, 5) is 13.8. The Hall–Kier alpha value is -2.09. The first-order valence-corrected chi connectivity index (χ1v) is 5.51. The molecule has 0 fully saturated rings. The van der Waals surface area contributed by atoms with Crippen molar-refractivity contribution < 1.29 is 4.79 Å². The molecule has 88 valence electrons. The zero-order chi connectivity index (χ0) is 12.5. The normalized spacial score (nSPS) is 10.1. The third kappa shape index (κ3) is 4.51. The lowest BCUT2D eigenvalue weighted by atomic mass is 10.1. The number of benzene rings is 1. The minimum atomic E-state index is 0.00345. The number of carbonyl (C=O) groups is 1.